The van der Waals surface area contributed by atoms with Crippen LogP contribution in [0.25, 0.3) is 0 Å². The predicted molar refractivity (Wildman–Crippen MR) is 98.7 cm³/mol. The maximum absolute atomic E-state index is 13.2. The quantitative estimate of drug-likeness (QED) is 0.574. The summed E-state index contributed by atoms with van der Waals surface area (Å²) in [5.41, 5.74) is -0.375. The van der Waals surface area contributed by atoms with E-state index in [1.807, 2.05) is 30.3 Å². The van der Waals surface area contributed by atoms with Crippen molar-refractivity contribution in [2.24, 2.45) is 0 Å². The molecule has 0 saturated carbocycles. The van der Waals surface area contributed by atoms with Crippen molar-refractivity contribution in [1.29, 1.82) is 0 Å². The molecule has 2 fully saturated rings. The lowest BCUT2D eigenvalue weighted by molar-refractivity contribution is -0.207. The molecule has 2 saturated heterocycles. The van der Waals surface area contributed by atoms with Gasteiger partial charge in [0.05, 0.1) is 6.04 Å². The number of nitrogens with zero attached hydrogens (tertiary/aromatic N) is 1. The molecule has 1 N–H and O–H groups in total. The highest BCUT2D eigenvalue weighted by atomic mass is 16.7. The smallest absolute Gasteiger partial charge is 0.337 e. The van der Waals surface area contributed by atoms with E-state index in [1.54, 1.807) is 4.90 Å². The predicted octanol–water partition coefficient (Wildman–Crippen LogP) is 1.46. The summed E-state index contributed by atoms with van der Waals surface area (Å²) in [5.74, 6) is -0.565. The molecule has 148 valence electrons. The molecule has 0 radical (unpaired) electrons. The maximum Gasteiger partial charge on any atom is 0.337 e. The van der Waals surface area contributed by atoms with Gasteiger partial charge in [-0.25, -0.2) is 4.79 Å². The van der Waals surface area contributed by atoms with E-state index >= 15 is 0 Å². The summed E-state index contributed by atoms with van der Waals surface area (Å²) in [7, 11) is 2.96. The lowest BCUT2D eigenvalue weighted by atomic mass is 9.94. The van der Waals surface area contributed by atoms with Crippen molar-refractivity contribution in [3.8, 4) is 0 Å². The Labute approximate surface area is 160 Å². The molecule has 0 spiro atoms. The minimum atomic E-state index is -1.26. The molecule has 0 bridgehead atoms. The van der Waals surface area contributed by atoms with Crippen molar-refractivity contribution in [3.05, 3.63) is 35.9 Å². The zero-order chi connectivity index (χ0) is 19.3. The van der Waals surface area contributed by atoms with Crippen molar-refractivity contribution in [2.45, 2.75) is 50.2 Å². The zero-order valence-corrected chi connectivity index (χ0v) is 16.0. The van der Waals surface area contributed by atoms with Crippen LogP contribution in [0.1, 0.15) is 31.2 Å². The number of esters is 1. The molecule has 0 aliphatic carbocycles. The number of likely N-dealkylation sites (tertiary alicyclic amines) is 1. The number of amides is 1. The van der Waals surface area contributed by atoms with Gasteiger partial charge >= 0.3 is 5.97 Å². The Hall–Kier alpha value is -1.96. The van der Waals surface area contributed by atoms with Gasteiger partial charge in [-0.05, 0) is 37.8 Å². The average molecular weight is 376 g/mol. The van der Waals surface area contributed by atoms with E-state index in [2.05, 4.69) is 5.32 Å². The number of methoxy groups -OCH3 is 2. The summed E-state index contributed by atoms with van der Waals surface area (Å²) in [6.07, 6.45) is 1.99. The summed E-state index contributed by atoms with van der Waals surface area (Å²) in [5, 5.41) is 3.22. The molecule has 1 aromatic rings. The minimum absolute atomic E-state index is 0.0826. The summed E-state index contributed by atoms with van der Waals surface area (Å²) in [6.45, 7) is 1.44. The van der Waals surface area contributed by atoms with Crippen LogP contribution in [0.5, 0.6) is 0 Å². The van der Waals surface area contributed by atoms with E-state index in [0.717, 1.165) is 24.9 Å². The molecule has 2 aliphatic heterocycles. The summed E-state index contributed by atoms with van der Waals surface area (Å²) in [4.78, 5) is 28.0. The first-order valence-electron chi connectivity index (χ1n) is 9.45. The summed E-state index contributed by atoms with van der Waals surface area (Å²) in [6, 6.07) is 9.21. The van der Waals surface area contributed by atoms with Gasteiger partial charge in [-0.2, -0.15) is 0 Å². The minimum Gasteiger partial charge on any atom is -0.459 e. The monoisotopic (exact) mass is 376 g/mol. The van der Waals surface area contributed by atoms with Crippen molar-refractivity contribution in [1.82, 2.24) is 10.2 Å². The average Bonchev–Trinajstić information content (AvgIpc) is 3.38. The highest BCUT2D eigenvalue weighted by Crippen LogP contribution is 2.37. The second kappa shape index (κ2) is 8.82. The number of carbonyl (C=O) groups excluding carboxylic acids is 2. The number of hydrogen-bond acceptors (Lipinski definition) is 6. The van der Waals surface area contributed by atoms with E-state index in [9.17, 15) is 9.59 Å². The Morgan fingerprint density at radius 1 is 1.22 bits per heavy atom. The first-order chi connectivity index (χ1) is 13.1. The Balaban J connectivity index is 1.83. The number of nitrogens with one attached hydrogen (secondary N) is 1. The van der Waals surface area contributed by atoms with Gasteiger partial charge in [-0.3, -0.25) is 4.79 Å². The van der Waals surface area contributed by atoms with E-state index in [0.29, 0.717) is 19.4 Å². The van der Waals surface area contributed by atoms with Gasteiger partial charge in [-0.15, -0.1) is 0 Å². The third kappa shape index (κ3) is 3.85. The zero-order valence-electron chi connectivity index (χ0n) is 16.0. The van der Waals surface area contributed by atoms with Crippen LogP contribution in [-0.2, 0) is 30.4 Å². The SMILES string of the molecule is COC(OC)[C@]1(C(=O)OCc2ccccc2)CCCN1C(=O)[C@H]1CCCN1. The van der Waals surface area contributed by atoms with E-state index in [1.165, 1.54) is 14.2 Å². The first-order valence-corrected chi connectivity index (χ1v) is 9.45. The van der Waals surface area contributed by atoms with Gasteiger partial charge in [-0.1, -0.05) is 30.3 Å². The summed E-state index contributed by atoms with van der Waals surface area (Å²) < 4.78 is 16.6. The number of benzene rings is 1. The van der Waals surface area contributed by atoms with Gasteiger partial charge < -0.3 is 24.4 Å². The van der Waals surface area contributed by atoms with Gasteiger partial charge in [0.15, 0.2) is 11.8 Å². The molecule has 2 heterocycles. The van der Waals surface area contributed by atoms with E-state index in [4.69, 9.17) is 14.2 Å². The molecule has 0 aromatic heterocycles. The molecule has 3 rings (SSSR count). The highest BCUT2D eigenvalue weighted by molar-refractivity contribution is 5.91. The second-order valence-corrected chi connectivity index (χ2v) is 7.03. The fourth-order valence-electron chi connectivity index (χ4n) is 4.12. The molecule has 27 heavy (non-hydrogen) atoms. The normalized spacial score (nSPS) is 25.1. The molecule has 1 aromatic carbocycles. The second-order valence-electron chi connectivity index (χ2n) is 7.03. The topological polar surface area (TPSA) is 77.1 Å². The lowest BCUT2D eigenvalue weighted by Gasteiger charge is -2.41. The molecule has 7 nitrogen and oxygen atoms in total. The van der Waals surface area contributed by atoms with Gasteiger partial charge in [0.1, 0.15) is 6.61 Å². The largest absolute Gasteiger partial charge is 0.459 e. The third-order valence-corrected chi connectivity index (χ3v) is 5.43. The molecular weight excluding hydrogens is 348 g/mol. The molecule has 7 heteroatoms. The lowest BCUT2D eigenvalue weighted by Crippen LogP contribution is -2.64. The van der Waals surface area contributed by atoms with Crippen LogP contribution in [0.4, 0.5) is 0 Å². The van der Waals surface area contributed by atoms with Crippen LogP contribution >= 0.6 is 0 Å². The fraction of sp³-hybridized carbons (Fsp3) is 0.600. The van der Waals surface area contributed by atoms with E-state index in [-0.39, 0.29) is 18.6 Å². The molecule has 0 unspecified atom stereocenters. The number of rotatable bonds is 7. The molecule has 2 aliphatic rings. The van der Waals surface area contributed by atoms with Crippen molar-refractivity contribution >= 4 is 11.9 Å². The van der Waals surface area contributed by atoms with Crippen LogP contribution in [0.2, 0.25) is 0 Å². The maximum atomic E-state index is 13.2. The Morgan fingerprint density at radius 3 is 2.59 bits per heavy atom. The third-order valence-electron chi connectivity index (χ3n) is 5.43. The number of hydrogen-bond donors (Lipinski definition) is 1. The summed E-state index contributed by atoms with van der Waals surface area (Å²) >= 11 is 0. The van der Waals surface area contributed by atoms with Gasteiger partial charge in [0.25, 0.3) is 0 Å². The van der Waals surface area contributed by atoms with Crippen molar-refractivity contribution in [3.63, 3.8) is 0 Å². The van der Waals surface area contributed by atoms with Crippen molar-refractivity contribution < 1.29 is 23.8 Å². The Bertz CT molecular complexity index is 643. The first kappa shape index (κ1) is 19.8. The van der Waals surface area contributed by atoms with Gasteiger partial charge in [0.2, 0.25) is 5.91 Å². The fourth-order valence-corrected chi connectivity index (χ4v) is 4.12. The Kier molecular flexibility index (Phi) is 6.46. The van der Waals surface area contributed by atoms with Crippen LogP contribution in [-0.4, -0.2) is 62.0 Å². The van der Waals surface area contributed by atoms with Crippen LogP contribution in [0.3, 0.4) is 0 Å². The van der Waals surface area contributed by atoms with Gasteiger partial charge in [0, 0.05) is 20.8 Å². The molecule has 1 amide bonds. The standard InChI is InChI=1S/C20H28N2O5/c1-25-19(26-2)20(18(24)27-14-15-8-4-3-5-9-15)11-7-13-22(20)17(23)16-10-6-12-21-16/h3-5,8-9,16,19,21H,6-7,10-14H2,1-2H3/t16-,20-/m1/s1. The molecule has 2 atom stereocenters. The van der Waals surface area contributed by atoms with Crippen LogP contribution in [0.15, 0.2) is 30.3 Å². The number of carbonyl (C=O) groups is 2. The number of ether oxygens (including phenoxy) is 3. The van der Waals surface area contributed by atoms with Crippen molar-refractivity contribution in [2.75, 3.05) is 27.3 Å². The Morgan fingerprint density at radius 2 is 1.96 bits per heavy atom. The van der Waals surface area contributed by atoms with Crippen LogP contribution < -0.4 is 5.32 Å². The molecular formula is C20H28N2O5. The van der Waals surface area contributed by atoms with E-state index < -0.39 is 17.8 Å². The highest BCUT2D eigenvalue weighted by Gasteiger charge is 2.58. The van der Waals surface area contributed by atoms with Crippen LogP contribution in [0, 0.1) is 0 Å².